The number of hydrogen-bond acceptors (Lipinski definition) is 4. The summed E-state index contributed by atoms with van der Waals surface area (Å²) in [5, 5.41) is 4.82. The van der Waals surface area contributed by atoms with Crippen molar-refractivity contribution in [3.05, 3.63) is 93.5 Å². The summed E-state index contributed by atoms with van der Waals surface area (Å²) in [6.07, 6.45) is 1.41. The van der Waals surface area contributed by atoms with Crippen molar-refractivity contribution >= 4 is 35.3 Å². The van der Waals surface area contributed by atoms with Crippen molar-refractivity contribution in [3.8, 4) is 11.5 Å². The van der Waals surface area contributed by atoms with Crippen molar-refractivity contribution in [3.63, 3.8) is 0 Å². The molecule has 5 nitrogen and oxygen atoms in total. The number of halogens is 2. The highest BCUT2D eigenvalue weighted by atomic mass is 35.5. The van der Waals surface area contributed by atoms with E-state index in [0.717, 1.165) is 11.3 Å². The van der Waals surface area contributed by atoms with Crippen LogP contribution >= 0.6 is 23.2 Å². The number of carbonyl (C=O) groups is 1. The third-order valence-electron chi connectivity index (χ3n) is 4.02. The number of nitrogens with zero attached hydrogens (tertiary/aromatic N) is 1. The van der Waals surface area contributed by atoms with E-state index in [1.54, 1.807) is 49.6 Å². The quantitative estimate of drug-likeness (QED) is 0.407. The molecule has 0 bridgehead atoms. The van der Waals surface area contributed by atoms with Crippen LogP contribution in [0, 0.1) is 0 Å². The zero-order chi connectivity index (χ0) is 20.6. The minimum atomic E-state index is -0.358. The molecule has 0 saturated carbocycles. The summed E-state index contributed by atoms with van der Waals surface area (Å²) in [7, 11) is 1.62. The smallest absolute Gasteiger partial charge is 0.271 e. The lowest BCUT2D eigenvalue weighted by molar-refractivity contribution is 0.0955. The van der Waals surface area contributed by atoms with Crippen molar-refractivity contribution in [2.45, 2.75) is 6.61 Å². The van der Waals surface area contributed by atoms with Crippen LogP contribution < -0.4 is 14.9 Å². The maximum Gasteiger partial charge on any atom is 0.271 e. The van der Waals surface area contributed by atoms with Crippen LogP contribution in [0.25, 0.3) is 0 Å². The first-order valence-corrected chi connectivity index (χ1v) is 9.45. The van der Waals surface area contributed by atoms with Crippen molar-refractivity contribution in [1.82, 2.24) is 5.43 Å². The Morgan fingerprint density at radius 2 is 1.69 bits per heavy atom. The average molecular weight is 429 g/mol. The fraction of sp³-hybridized carbons (Fsp3) is 0.0909. The predicted octanol–water partition coefficient (Wildman–Crippen LogP) is 5.34. The normalized spacial score (nSPS) is 10.7. The van der Waals surface area contributed by atoms with Crippen LogP contribution in [0.5, 0.6) is 11.5 Å². The van der Waals surface area contributed by atoms with Gasteiger partial charge in [-0.2, -0.15) is 5.10 Å². The molecule has 0 unspecified atom stereocenters. The van der Waals surface area contributed by atoms with Crippen LogP contribution in [-0.4, -0.2) is 19.2 Å². The molecule has 148 valence electrons. The van der Waals surface area contributed by atoms with Crippen LogP contribution in [0.3, 0.4) is 0 Å². The minimum Gasteiger partial charge on any atom is -0.497 e. The second kappa shape index (κ2) is 9.96. The van der Waals surface area contributed by atoms with Crippen LogP contribution in [-0.2, 0) is 6.61 Å². The number of methoxy groups -OCH3 is 1. The molecule has 0 aromatic heterocycles. The Kier molecular flexibility index (Phi) is 7.11. The zero-order valence-corrected chi connectivity index (χ0v) is 17.1. The van der Waals surface area contributed by atoms with Gasteiger partial charge in [0.1, 0.15) is 18.1 Å². The SMILES string of the molecule is COc1cccc(COc2ccc(C(=O)N/N=C\c3c(Cl)cccc3Cl)cc2)c1. The van der Waals surface area contributed by atoms with Gasteiger partial charge < -0.3 is 9.47 Å². The van der Waals surface area contributed by atoms with Gasteiger partial charge in [0.25, 0.3) is 5.91 Å². The molecule has 0 heterocycles. The standard InChI is InChI=1S/C22H18Cl2N2O3/c1-28-18-5-2-4-15(12-18)14-29-17-10-8-16(9-11-17)22(27)26-25-13-19-20(23)6-3-7-21(19)24/h2-13H,14H2,1H3,(H,26,27)/b25-13-. The topological polar surface area (TPSA) is 59.9 Å². The molecule has 3 aromatic rings. The number of benzene rings is 3. The predicted molar refractivity (Wildman–Crippen MR) is 115 cm³/mol. The van der Waals surface area contributed by atoms with E-state index in [1.807, 2.05) is 24.3 Å². The fourth-order valence-electron chi connectivity index (χ4n) is 2.49. The summed E-state index contributed by atoms with van der Waals surface area (Å²) in [4.78, 5) is 12.2. The lowest BCUT2D eigenvalue weighted by atomic mass is 10.2. The molecule has 1 N–H and O–H groups in total. The summed E-state index contributed by atoms with van der Waals surface area (Å²) >= 11 is 12.1. The second-order valence-electron chi connectivity index (χ2n) is 6.00. The van der Waals surface area contributed by atoms with Crippen LogP contribution in [0.15, 0.2) is 71.8 Å². The number of ether oxygens (including phenoxy) is 2. The highest BCUT2D eigenvalue weighted by molar-refractivity contribution is 6.38. The number of carbonyl (C=O) groups excluding carboxylic acids is 1. The van der Waals surface area contributed by atoms with Gasteiger partial charge in [-0.1, -0.05) is 41.4 Å². The van der Waals surface area contributed by atoms with E-state index in [9.17, 15) is 4.79 Å². The molecule has 0 fully saturated rings. The van der Waals surface area contributed by atoms with Crippen LogP contribution in [0.4, 0.5) is 0 Å². The second-order valence-corrected chi connectivity index (χ2v) is 6.81. The molecular formula is C22H18Cl2N2O3. The van der Waals surface area contributed by atoms with E-state index < -0.39 is 0 Å². The van der Waals surface area contributed by atoms with Crippen LogP contribution in [0.2, 0.25) is 10.0 Å². The van der Waals surface area contributed by atoms with E-state index in [-0.39, 0.29) is 5.91 Å². The molecule has 0 aliphatic carbocycles. The Labute approximate surface area is 178 Å². The lowest BCUT2D eigenvalue weighted by Gasteiger charge is -2.08. The highest BCUT2D eigenvalue weighted by Gasteiger charge is 2.06. The van der Waals surface area contributed by atoms with Gasteiger partial charge in [-0.3, -0.25) is 4.79 Å². The maximum absolute atomic E-state index is 12.2. The monoisotopic (exact) mass is 428 g/mol. The summed E-state index contributed by atoms with van der Waals surface area (Å²) in [5.41, 5.74) is 4.42. The maximum atomic E-state index is 12.2. The first-order valence-electron chi connectivity index (χ1n) is 8.70. The third kappa shape index (κ3) is 5.73. The summed E-state index contributed by atoms with van der Waals surface area (Å²) in [6.45, 7) is 0.394. The fourth-order valence-corrected chi connectivity index (χ4v) is 2.98. The number of hydrazone groups is 1. The Morgan fingerprint density at radius 1 is 1.00 bits per heavy atom. The minimum absolute atomic E-state index is 0.358. The van der Waals surface area contributed by atoms with Gasteiger partial charge in [-0.15, -0.1) is 0 Å². The number of hydrogen-bond donors (Lipinski definition) is 1. The van der Waals surface area contributed by atoms with Gasteiger partial charge in [-0.25, -0.2) is 5.43 Å². The zero-order valence-electron chi connectivity index (χ0n) is 15.6. The molecule has 0 spiro atoms. The Morgan fingerprint density at radius 3 is 2.38 bits per heavy atom. The summed E-state index contributed by atoms with van der Waals surface area (Å²) in [6, 6.07) is 19.5. The molecule has 29 heavy (non-hydrogen) atoms. The average Bonchev–Trinajstić information content (AvgIpc) is 2.74. The van der Waals surface area contributed by atoms with Gasteiger partial charge in [0.15, 0.2) is 0 Å². The Balaban J connectivity index is 1.56. The first-order chi connectivity index (χ1) is 14.1. The van der Waals surface area contributed by atoms with Gasteiger partial charge >= 0.3 is 0 Å². The van der Waals surface area contributed by atoms with E-state index in [4.69, 9.17) is 32.7 Å². The molecule has 0 aliphatic heterocycles. The number of amides is 1. The van der Waals surface area contributed by atoms with E-state index in [2.05, 4.69) is 10.5 Å². The van der Waals surface area contributed by atoms with Gasteiger partial charge in [-0.05, 0) is 54.1 Å². The van der Waals surface area contributed by atoms with E-state index >= 15 is 0 Å². The van der Waals surface area contributed by atoms with Crippen molar-refractivity contribution in [2.75, 3.05) is 7.11 Å². The number of nitrogens with one attached hydrogen (secondary N) is 1. The molecule has 0 atom stereocenters. The summed E-state index contributed by atoms with van der Waals surface area (Å²) < 4.78 is 10.9. The molecule has 0 aliphatic rings. The molecule has 7 heteroatoms. The molecule has 0 radical (unpaired) electrons. The molecule has 0 saturated heterocycles. The summed E-state index contributed by atoms with van der Waals surface area (Å²) in [5.74, 6) is 1.07. The van der Waals surface area contributed by atoms with E-state index in [0.29, 0.717) is 33.5 Å². The van der Waals surface area contributed by atoms with Gasteiger partial charge in [0, 0.05) is 11.1 Å². The van der Waals surface area contributed by atoms with Gasteiger partial charge in [0.05, 0.1) is 23.4 Å². The first kappa shape index (κ1) is 20.7. The third-order valence-corrected chi connectivity index (χ3v) is 4.67. The number of rotatable bonds is 7. The highest BCUT2D eigenvalue weighted by Crippen LogP contribution is 2.22. The molecular weight excluding hydrogens is 411 g/mol. The lowest BCUT2D eigenvalue weighted by Crippen LogP contribution is -2.17. The Hall–Kier alpha value is -3.02. The van der Waals surface area contributed by atoms with Gasteiger partial charge in [0.2, 0.25) is 0 Å². The Bertz CT molecular complexity index is 1000. The molecule has 3 aromatic carbocycles. The molecule has 3 rings (SSSR count). The van der Waals surface area contributed by atoms with Crippen molar-refractivity contribution < 1.29 is 14.3 Å². The van der Waals surface area contributed by atoms with Crippen LogP contribution in [0.1, 0.15) is 21.5 Å². The van der Waals surface area contributed by atoms with Crippen molar-refractivity contribution in [2.24, 2.45) is 5.10 Å². The largest absolute Gasteiger partial charge is 0.497 e. The van der Waals surface area contributed by atoms with Crippen molar-refractivity contribution in [1.29, 1.82) is 0 Å². The van der Waals surface area contributed by atoms with E-state index in [1.165, 1.54) is 6.21 Å². The molecule has 1 amide bonds.